The van der Waals surface area contributed by atoms with Crippen LogP contribution in [-0.2, 0) is 0 Å². The Morgan fingerprint density at radius 2 is 1.82 bits per heavy atom. The molecule has 0 saturated carbocycles. The zero-order valence-corrected chi connectivity index (χ0v) is 19.5. The molecule has 0 bridgehead atoms. The molecule has 3 heterocycles. The Morgan fingerprint density at radius 1 is 1.00 bits per heavy atom. The first kappa shape index (κ1) is 20.6. The number of imidazole rings is 1. The van der Waals surface area contributed by atoms with Crippen LogP contribution in [0.2, 0.25) is 0 Å². The number of amidine groups is 1. The molecular weight excluding hydrogens is 442 g/mol. The molecular formula is C27H23N5OS. The molecule has 1 saturated heterocycles. The lowest BCUT2D eigenvalue weighted by Crippen LogP contribution is -2.33. The van der Waals surface area contributed by atoms with Gasteiger partial charge in [0.15, 0.2) is 0 Å². The number of aromatic nitrogens is 2. The Balaban J connectivity index is 1.57. The summed E-state index contributed by atoms with van der Waals surface area (Å²) in [6, 6.07) is 25.8. The van der Waals surface area contributed by atoms with Crippen molar-refractivity contribution in [3.8, 4) is 0 Å². The number of nitrogens with one attached hydrogen (secondary N) is 1. The van der Waals surface area contributed by atoms with Crippen LogP contribution in [0.5, 0.6) is 0 Å². The fourth-order valence-electron chi connectivity index (χ4n) is 4.48. The molecule has 7 heteroatoms. The van der Waals surface area contributed by atoms with E-state index < -0.39 is 0 Å². The van der Waals surface area contributed by atoms with Gasteiger partial charge in [-0.05, 0) is 54.3 Å². The number of rotatable bonds is 5. The van der Waals surface area contributed by atoms with Crippen molar-refractivity contribution in [3.05, 3.63) is 90.1 Å². The minimum Gasteiger partial charge on any atom is -0.345 e. The van der Waals surface area contributed by atoms with Gasteiger partial charge in [-0.1, -0.05) is 43.3 Å². The molecule has 0 radical (unpaired) electrons. The minimum absolute atomic E-state index is 0.109. The maximum atomic E-state index is 14.1. The topological polar surface area (TPSA) is 64.6 Å². The van der Waals surface area contributed by atoms with E-state index in [9.17, 15) is 4.79 Å². The second-order valence-corrected chi connectivity index (χ2v) is 9.37. The monoisotopic (exact) mass is 465 g/mol. The van der Waals surface area contributed by atoms with Crippen molar-refractivity contribution in [1.82, 2.24) is 9.97 Å². The standard InChI is InChI=1S/C27H23N5OS/c1-2-14-28-26-25(24-15-18-8-6-7-11-23(18)34-24)31(20-12-13-21-22(16-20)30-17-29-21)27(33)32(26)19-9-4-3-5-10-19/h3-13,15-17,25H,2,14H2,1H3,(H,29,30). The summed E-state index contributed by atoms with van der Waals surface area (Å²) in [6.45, 7) is 2.76. The fourth-order valence-corrected chi connectivity index (χ4v) is 5.64. The maximum absolute atomic E-state index is 14.1. The molecule has 2 amide bonds. The fraction of sp³-hybridized carbons (Fsp3) is 0.148. The number of hydrogen-bond acceptors (Lipinski definition) is 4. The molecule has 1 unspecified atom stereocenters. The number of nitrogens with zero attached hydrogens (tertiary/aromatic N) is 4. The highest BCUT2D eigenvalue weighted by molar-refractivity contribution is 7.19. The van der Waals surface area contributed by atoms with Crippen molar-refractivity contribution in [1.29, 1.82) is 0 Å². The van der Waals surface area contributed by atoms with E-state index in [2.05, 4.69) is 41.2 Å². The quantitative estimate of drug-likeness (QED) is 0.311. The number of urea groups is 1. The van der Waals surface area contributed by atoms with E-state index in [1.54, 1.807) is 22.6 Å². The molecule has 2 aromatic heterocycles. The van der Waals surface area contributed by atoms with Crippen molar-refractivity contribution in [2.75, 3.05) is 16.3 Å². The van der Waals surface area contributed by atoms with Gasteiger partial charge in [0.1, 0.15) is 11.9 Å². The predicted molar refractivity (Wildman–Crippen MR) is 140 cm³/mol. The van der Waals surface area contributed by atoms with E-state index in [1.807, 2.05) is 59.5 Å². The lowest BCUT2D eigenvalue weighted by atomic mass is 10.1. The summed E-state index contributed by atoms with van der Waals surface area (Å²) in [7, 11) is 0. The molecule has 0 spiro atoms. The Kier molecular flexibility index (Phi) is 5.11. The largest absolute Gasteiger partial charge is 0.345 e. The third-order valence-corrected chi connectivity index (χ3v) is 7.21. The van der Waals surface area contributed by atoms with Crippen molar-refractivity contribution >= 4 is 55.7 Å². The van der Waals surface area contributed by atoms with Gasteiger partial charge in [-0.15, -0.1) is 11.3 Å². The Bertz CT molecular complexity index is 1490. The lowest BCUT2D eigenvalue weighted by molar-refractivity contribution is 0.255. The summed E-state index contributed by atoms with van der Waals surface area (Å²) >= 11 is 1.71. The first-order valence-corrected chi connectivity index (χ1v) is 12.2. The summed E-state index contributed by atoms with van der Waals surface area (Å²) in [4.78, 5) is 31.3. The molecule has 3 aromatic carbocycles. The number of benzene rings is 3. The van der Waals surface area contributed by atoms with Gasteiger partial charge in [0, 0.05) is 21.8 Å². The molecule has 1 fully saturated rings. The van der Waals surface area contributed by atoms with Gasteiger partial charge < -0.3 is 4.98 Å². The van der Waals surface area contributed by atoms with Gasteiger partial charge >= 0.3 is 6.03 Å². The van der Waals surface area contributed by atoms with Gasteiger partial charge in [0.25, 0.3) is 0 Å². The van der Waals surface area contributed by atoms with E-state index in [0.29, 0.717) is 6.54 Å². The van der Waals surface area contributed by atoms with Crippen LogP contribution in [0.3, 0.4) is 0 Å². The average molecular weight is 466 g/mol. The molecule has 5 aromatic rings. The molecule has 1 N–H and O–H groups in total. The van der Waals surface area contributed by atoms with E-state index in [0.717, 1.165) is 39.5 Å². The smallest absolute Gasteiger partial charge is 0.335 e. The highest BCUT2D eigenvalue weighted by Gasteiger charge is 2.46. The Morgan fingerprint density at radius 3 is 2.65 bits per heavy atom. The molecule has 168 valence electrons. The SMILES string of the molecule is CCCN=C1C(c2cc3ccccc3s2)N(c2ccc3nc[nH]c3c2)C(=O)N1c1ccccc1. The van der Waals surface area contributed by atoms with Gasteiger partial charge in [-0.3, -0.25) is 9.89 Å². The van der Waals surface area contributed by atoms with Crippen molar-refractivity contribution in [2.45, 2.75) is 19.4 Å². The Labute approximate surface area is 201 Å². The number of thiophene rings is 1. The van der Waals surface area contributed by atoms with Gasteiger partial charge in [0.2, 0.25) is 0 Å². The van der Waals surface area contributed by atoms with Crippen molar-refractivity contribution in [2.24, 2.45) is 4.99 Å². The van der Waals surface area contributed by atoms with Crippen LogP contribution in [0.15, 0.2) is 90.2 Å². The van der Waals surface area contributed by atoms with E-state index in [-0.39, 0.29) is 12.1 Å². The number of carbonyl (C=O) groups is 1. The van der Waals surface area contributed by atoms with Crippen LogP contribution >= 0.6 is 11.3 Å². The average Bonchev–Trinajstić information content (AvgIpc) is 3.57. The van der Waals surface area contributed by atoms with Gasteiger partial charge in [-0.2, -0.15) is 0 Å². The maximum Gasteiger partial charge on any atom is 0.335 e. The first-order chi connectivity index (χ1) is 16.7. The van der Waals surface area contributed by atoms with E-state index >= 15 is 0 Å². The third kappa shape index (κ3) is 3.36. The zero-order chi connectivity index (χ0) is 23.1. The molecule has 6 nitrogen and oxygen atoms in total. The highest BCUT2D eigenvalue weighted by Crippen LogP contribution is 2.43. The minimum atomic E-state index is -0.322. The molecule has 34 heavy (non-hydrogen) atoms. The van der Waals surface area contributed by atoms with Crippen LogP contribution in [0.1, 0.15) is 24.3 Å². The highest BCUT2D eigenvalue weighted by atomic mass is 32.1. The van der Waals surface area contributed by atoms with Gasteiger partial charge in [0.05, 0.1) is 23.0 Å². The molecule has 1 atom stereocenters. The molecule has 0 aliphatic carbocycles. The zero-order valence-electron chi connectivity index (χ0n) is 18.7. The molecule has 1 aliphatic heterocycles. The number of para-hydroxylation sites is 1. The van der Waals surface area contributed by atoms with E-state index in [4.69, 9.17) is 4.99 Å². The summed E-state index contributed by atoms with van der Waals surface area (Å²) in [5.74, 6) is 0.759. The van der Waals surface area contributed by atoms with Crippen LogP contribution < -0.4 is 9.80 Å². The second-order valence-electron chi connectivity index (χ2n) is 8.26. The normalized spacial score (nSPS) is 17.5. The van der Waals surface area contributed by atoms with Crippen molar-refractivity contribution in [3.63, 3.8) is 0 Å². The lowest BCUT2D eigenvalue weighted by Gasteiger charge is -2.22. The summed E-state index contributed by atoms with van der Waals surface area (Å²) in [5.41, 5.74) is 3.39. The molecule has 1 aliphatic rings. The first-order valence-electron chi connectivity index (χ1n) is 11.4. The summed E-state index contributed by atoms with van der Waals surface area (Å²) in [5, 5.41) is 1.17. The third-order valence-electron chi connectivity index (χ3n) is 6.04. The second kappa shape index (κ2) is 8.43. The number of H-pyrrole nitrogens is 1. The number of amides is 2. The summed E-state index contributed by atoms with van der Waals surface area (Å²) in [6.07, 6.45) is 2.58. The Hall–Kier alpha value is -3.97. The van der Waals surface area contributed by atoms with Crippen LogP contribution in [0.25, 0.3) is 21.1 Å². The predicted octanol–water partition coefficient (Wildman–Crippen LogP) is 6.77. The number of fused-ring (bicyclic) bond motifs is 2. The van der Waals surface area contributed by atoms with Crippen LogP contribution in [-0.4, -0.2) is 28.4 Å². The van der Waals surface area contributed by atoms with E-state index in [1.165, 1.54) is 10.1 Å². The molecule has 6 rings (SSSR count). The van der Waals surface area contributed by atoms with Crippen molar-refractivity contribution < 1.29 is 4.79 Å². The van der Waals surface area contributed by atoms with Crippen LogP contribution in [0.4, 0.5) is 16.2 Å². The number of aliphatic imine (C=N–C) groups is 1. The number of anilines is 2. The number of aromatic amines is 1. The number of carbonyl (C=O) groups excluding carboxylic acids is 1. The van der Waals surface area contributed by atoms with Gasteiger partial charge in [-0.25, -0.2) is 14.7 Å². The summed E-state index contributed by atoms with van der Waals surface area (Å²) < 4.78 is 1.20. The number of hydrogen-bond donors (Lipinski definition) is 1. The van der Waals surface area contributed by atoms with Crippen LogP contribution in [0, 0.1) is 0 Å².